The van der Waals surface area contributed by atoms with Crippen molar-refractivity contribution in [2.45, 2.75) is 5.60 Å². The van der Waals surface area contributed by atoms with E-state index in [1.807, 2.05) is 22.6 Å². The Labute approximate surface area is 146 Å². The minimum absolute atomic E-state index is 0.332. The summed E-state index contributed by atoms with van der Waals surface area (Å²) >= 11 is 20.1. The van der Waals surface area contributed by atoms with Gasteiger partial charge in [0.05, 0.1) is 0 Å². The van der Waals surface area contributed by atoms with Crippen molar-refractivity contribution in [3.05, 3.63) is 68.7 Å². The molecule has 2 rings (SSSR count). The molecule has 102 valence electrons. The van der Waals surface area contributed by atoms with Crippen LogP contribution in [0.2, 0.25) is 15.1 Å². The van der Waals surface area contributed by atoms with E-state index in [4.69, 9.17) is 34.8 Å². The third-order valence-electron chi connectivity index (χ3n) is 2.81. The molecule has 1 unspecified atom stereocenters. The van der Waals surface area contributed by atoms with Crippen LogP contribution >= 0.6 is 57.4 Å². The Morgan fingerprint density at radius 2 is 1.60 bits per heavy atom. The third-order valence-corrected chi connectivity index (χ3v) is 3.96. The highest BCUT2D eigenvalue weighted by Crippen LogP contribution is 2.38. The van der Waals surface area contributed by atoms with E-state index in [2.05, 4.69) is 9.85 Å². The van der Waals surface area contributed by atoms with Crippen LogP contribution in [0.5, 0.6) is 0 Å². The second-order valence-electron chi connectivity index (χ2n) is 4.03. The molecule has 0 aromatic heterocycles. The van der Waals surface area contributed by atoms with Gasteiger partial charge in [-0.1, -0.05) is 59.1 Å². The van der Waals surface area contributed by atoms with Gasteiger partial charge in [-0.3, -0.25) is 0 Å². The van der Waals surface area contributed by atoms with Gasteiger partial charge in [0.2, 0.25) is 0 Å². The van der Waals surface area contributed by atoms with Gasteiger partial charge in [-0.05, 0) is 28.0 Å². The lowest BCUT2D eigenvalue weighted by atomic mass is 9.87. The SMILES string of the molecule is OC(C#CI)(c1ccccc1Cl)c1ccc(Cl)cc1Cl. The normalized spacial score (nSPS) is 13.2. The first-order valence-electron chi connectivity index (χ1n) is 5.54. The number of halogens is 4. The standard InChI is InChI=1S/C15H8Cl3IO/c16-10-5-6-12(14(18)9-10)15(20,7-8-19)11-3-1-2-4-13(11)17/h1-6,9,20H. The fourth-order valence-corrected chi connectivity index (χ4v) is 3.09. The molecule has 0 spiro atoms. The van der Waals surface area contributed by atoms with E-state index in [9.17, 15) is 5.11 Å². The molecule has 2 aromatic carbocycles. The molecular formula is C15H8Cl3IO. The smallest absolute Gasteiger partial charge is 0.180 e. The van der Waals surface area contributed by atoms with Gasteiger partial charge in [-0.15, -0.1) is 0 Å². The summed E-state index contributed by atoms with van der Waals surface area (Å²) in [5.41, 5.74) is -0.655. The van der Waals surface area contributed by atoms with Crippen LogP contribution in [0, 0.1) is 9.85 Å². The van der Waals surface area contributed by atoms with Crippen molar-refractivity contribution in [1.29, 1.82) is 0 Å². The highest BCUT2D eigenvalue weighted by molar-refractivity contribution is 14.1. The van der Waals surface area contributed by atoms with E-state index in [1.165, 1.54) is 0 Å². The van der Waals surface area contributed by atoms with Gasteiger partial charge in [0.15, 0.2) is 5.60 Å². The van der Waals surface area contributed by atoms with Crippen molar-refractivity contribution in [3.8, 4) is 9.85 Å². The maximum Gasteiger partial charge on any atom is 0.180 e. The largest absolute Gasteiger partial charge is 0.369 e. The molecule has 0 aliphatic rings. The maximum atomic E-state index is 11.0. The molecular weight excluding hydrogens is 429 g/mol. The van der Waals surface area contributed by atoms with Gasteiger partial charge >= 0.3 is 0 Å². The summed E-state index contributed by atoms with van der Waals surface area (Å²) in [6.45, 7) is 0. The van der Waals surface area contributed by atoms with Crippen molar-refractivity contribution >= 4 is 57.4 Å². The topological polar surface area (TPSA) is 20.2 Å². The van der Waals surface area contributed by atoms with E-state index in [-0.39, 0.29) is 0 Å². The Hall–Kier alpha value is -0.440. The summed E-state index contributed by atoms with van der Waals surface area (Å²) in [7, 11) is 0. The van der Waals surface area contributed by atoms with Crippen LogP contribution < -0.4 is 0 Å². The first kappa shape index (κ1) is 15.9. The molecule has 0 aliphatic carbocycles. The van der Waals surface area contributed by atoms with E-state index in [0.717, 1.165) is 0 Å². The average molecular weight is 437 g/mol. The highest BCUT2D eigenvalue weighted by atomic mass is 127. The molecule has 1 nitrogen and oxygen atoms in total. The van der Waals surface area contributed by atoms with Crippen molar-refractivity contribution in [1.82, 2.24) is 0 Å². The Bertz CT molecular complexity index is 706. The fourth-order valence-electron chi connectivity index (χ4n) is 1.89. The summed E-state index contributed by atoms with van der Waals surface area (Å²) in [4.78, 5) is 0. The van der Waals surface area contributed by atoms with Crippen LogP contribution in [-0.2, 0) is 5.60 Å². The van der Waals surface area contributed by atoms with Gasteiger partial charge in [-0.25, -0.2) is 0 Å². The molecule has 0 amide bonds. The summed E-state index contributed by atoms with van der Waals surface area (Å²) in [5.74, 6) is 2.77. The van der Waals surface area contributed by atoms with Gasteiger partial charge in [0.1, 0.15) is 0 Å². The summed E-state index contributed by atoms with van der Waals surface area (Å²) in [6.07, 6.45) is 0. The van der Waals surface area contributed by atoms with Crippen LogP contribution in [-0.4, -0.2) is 5.11 Å². The second-order valence-corrected chi connectivity index (χ2v) is 5.82. The molecule has 0 saturated carbocycles. The predicted octanol–water partition coefficient (Wildman–Crippen LogP) is 5.28. The van der Waals surface area contributed by atoms with E-state index in [0.29, 0.717) is 26.2 Å². The van der Waals surface area contributed by atoms with E-state index in [1.54, 1.807) is 42.5 Å². The molecule has 1 N–H and O–H groups in total. The molecule has 0 bridgehead atoms. The Morgan fingerprint density at radius 1 is 0.950 bits per heavy atom. The van der Waals surface area contributed by atoms with Crippen LogP contribution in [0.25, 0.3) is 0 Å². The molecule has 0 saturated heterocycles. The lowest BCUT2D eigenvalue weighted by Gasteiger charge is -2.25. The summed E-state index contributed by atoms with van der Waals surface area (Å²) < 4.78 is 2.69. The second kappa shape index (κ2) is 6.55. The average Bonchev–Trinajstić information content (AvgIpc) is 2.39. The molecule has 0 aliphatic heterocycles. The Morgan fingerprint density at radius 3 is 2.20 bits per heavy atom. The van der Waals surface area contributed by atoms with E-state index < -0.39 is 5.60 Å². The highest BCUT2D eigenvalue weighted by Gasteiger charge is 2.33. The number of hydrogen-bond acceptors (Lipinski definition) is 1. The molecule has 0 radical (unpaired) electrons. The van der Waals surface area contributed by atoms with Crippen molar-refractivity contribution in [2.24, 2.45) is 0 Å². The number of rotatable bonds is 2. The minimum Gasteiger partial charge on any atom is -0.369 e. The van der Waals surface area contributed by atoms with Crippen LogP contribution in [0.15, 0.2) is 42.5 Å². The number of aliphatic hydroxyl groups is 1. The number of benzene rings is 2. The third kappa shape index (κ3) is 3.08. The van der Waals surface area contributed by atoms with Crippen LogP contribution in [0.4, 0.5) is 0 Å². The fraction of sp³-hybridized carbons (Fsp3) is 0.0667. The van der Waals surface area contributed by atoms with Gasteiger partial charge in [0.25, 0.3) is 0 Å². The predicted molar refractivity (Wildman–Crippen MR) is 92.7 cm³/mol. The van der Waals surface area contributed by atoms with Gasteiger partial charge < -0.3 is 5.11 Å². The minimum atomic E-state index is -1.58. The molecule has 0 fully saturated rings. The first-order chi connectivity index (χ1) is 9.49. The molecule has 2 aromatic rings. The summed E-state index contributed by atoms with van der Waals surface area (Å²) in [5, 5.41) is 12.3. The number of hydrogen-bond donors (Lipinski definition) is 1. The van der Waals surface area contributed by atoms with Crippen molar-refractivity contribution in [3.63, 3.8) is 0 Å². The molecule has 20 heavy (non-hydrogen) atoms. The van der Waals surface area contributed by atoms with Crippen molar-refractivity contribution in [2.75, 3.05) is 0 Å². The van der Waals surface area contributed by atoms with Gasteiger partial charge in [-0.2, -0.15) is 0 Å². The summed E-state index contributed by atoms with van der Waals surface area (Å²) in [6, 6.07) is 11.8. The quantitative estimate of drug-likeness (QED) is 0.501. The maximum absolute atomic E-state index is 11.0. The monoisotopic (exact) mass is 436 g/mol. The zero-order valence-electron chi connectivity index (χ0n) is 10.0. The molecule has 5 heteroatoms. The van der Waals surface area contributed by atoms with Crippen molar-refractivity contribution < 1.29 is 5.11 Å². The van der Waals surface area contributed by atoms with Crippen LogP contribution in [0.3, 0.4) is 0 Å². The zero-order chi connectivity index (χ0) is 14.8. The Balaban J connectivity index is 2.72. The van der Waals surface area contributed by atoms with Crippen LogP contribution in [0.1, 0.15) is 11.1 Å². The Kier molecular flexibility index (Phi) is 5.22. The molecule has 1 atom stereocenters. The van der Waals surface area contributed by atoms with Gasteiger partial charge in [0, 0.05) is 48.8 Å². The molecule has 0 heterocycles. The first-order valence-corrected chi connectivity index (χ1v) is 7.76. The lowest BCUT2D eigenvalue weighted by molar-refractivity contribution is 0.145. The zero-order valence-corrected chi connectivity index (χ0v) is 14.4. The lowest BCUT2D eigenvalue weighted by Crippen LogP contribution is -2.26. The van der Waals surface area contributed by atoms with E-state index >= 15 is 0 Å².